The van der Waals surface area contributed by atoms with Crippen LogP contribution in [-0.4, -0.2) is 80.9 Å². The summed E-state index contributed by atoms with van der Waals surface area (Å²) in [5, 5.41) is 9.88. The van der Waals surface area contributed by atoms with Gasteiger partial charge in [-0.1, -0.05) is 206 Å². The van der Waals surface area contributed by atoms with Gasteiger partial charge in [-0.15, -0.1) is 0 Å². The summed E-state index contributed by atoms with van der Waals surface area (Å²) in [6, 6.07) is 0. The van der Waals surface area contributed by atoms with Crippen LogP contribution in [0.1, 0.15) is 232 Å². The molecule has 0 saturated carbocycles. The van der Waals surface area contributed by atoms with Gasteiger partial charge in [0, 0.05) is 19.6 Å². The Kier molecular flexibility index (Phi) is 32.2. The van der Waals surface area contributed by atoms with Crippen LogP contribution in [0.4, 0.5) is 5.82 Å². The Morgan fingerprint density at radius 2 is 1.14 bits per heavy atom. The number of aliphatic hydroxyl groups excluding tert-OH is 1. The topological polar surface area (TPSA) is 173 Å². The monoisotopic (exact) mass is 910 g/mol. The molecule has 1 fully saturated rings. The Morgan fingerprint density at radius 1 is 0.683 bits per heavy atom. The summed E-state index contributed by atoms with van der Waals surface area (Å²) in [4.78, 5) is 23.5. The highest BCUT2D eigenvalue weighted by molar-refractivity contribution is 7.47. The number of unbranched alkanes of at least 4 members (excludes halogenated alkanes) is 30. The number of aromatic nitrogens is 4. The molecule has 0 aliphatic carbocycles. The van der Waals surface area contributed by atoms with Crippen molar-refractivity contribution in [1.29, 1.82) is 0 Å². The van der Waals surface area contributed by atoms with Gasteiger partial charge >= 0.3 is 7.82 Å². The molecule has 5 atom stereocenters. The summed E-state index contributed by atoms with van der Waals surface area (Å²) in [5.74, 6) is 0.201. The number of nitrogens with two attached hydrogens (primary N) is 1. The molecule has 63 heavy (non-hydrogen) atoms. The predicted molar refractivity (Wildman–Crippen MR) is 256 cm³/mol. The van der Waals surface area contributed by atoms with Gasteiger partial charge < -0.3 is 29.9 Å². The number of hydrogen-bond acceptors (Lipinski definition) is 11. The highest BCUT2D eigenvalue weighted by Crippen LogP contribution is 2.49. The summed E-state index contributed by atoms with van der Waals surface area (Å²) < 4.78 is 44.5. The van der Waals surface area contributed by atoms with Gasteiger partial charge in [0.15, 0.2) is 17.7 Å². The molecule has 0 amide bonds. The largest absolute Gasteiger partial charge is 0.472 e. The fraction of sp³-hybridized carbons (Fsp3) is 0.898. The molecular weight excluding hydrogens is 818 g/mol. The molecule has 2 unspecified atom stereocenters. The van der Waals surface area contributed by atoms with E-state index in [1.165, 1.54) is 192 Å². The van der Waals surface area contributed by atoms with Crippen LogP contribution >= 0.6 is 7.82 Å². The summed E-state index contributed by atoms with van der Waals surface area (Å²) in [7, 11) is -4.59. The first-order chi connectivity index (χ1) is 30.9. The molecule has 1 aliphatic rings. The molecule has 1 saturated heterocycles. The van der Waals surface area contributed by atoms with Gasteiger partial charge in [0.05, 0.1) is 32.3 Å². The molecule has 4 N–H and O–H groups in total. The zero-order valence-electron chi connectivity index (χ0n) is 40.0. The SMILES string of the molecule is CCCCCCCCCCCCCCCCCCOCC(COP(=O)(O)O[C@@H]1C[C@@H](CO)O[C@H]1n1cnc2c(N)ncnc21)OCCCCCCCCCCCCCCCCCC. The average Bonchev–Trinajstić information content (AvgIpc) is 3.90. The van der Waals surface area contributed by atoms with E-state index in [9.17, 15) is 14.6 Å². The minimum Gasteiger partial charge on any atom is -0.394 e. The number of ether oxygens (including phenoxy) is 3. The molecule has 13 nitrogen and oxygen atoms in total. The van der Waals surface area contributed by atoms with Crippen LogP contribution in [0.2, 0.25) is 0 Å². The Labute approximate surface area is 382 Å². The molecule has 0 radical (unpaired) electrons. The number of hydrogen-bond donors (Lipinski definition) is 3. The van der Waals surface area contributed by atoms with Crippen molar-refractivity contribution in [3.8, 4) is 0 Å². The van der Waals surface area contributed by atoms with Crippen LogP contribution < -0.4 is 5.73 Å². The zero-order chi connectivity index (χ0) is 45.1. The van der Waals surface area contributed by atoms with Crippen molar-refractivity contribution >= 4 is 24.8 Å². The number of fused-ring (bicyclic) bond motifs is 1. The van der Waals surface area contributed by atoms with Crippen LogP contribution in [0, 0.1) is 0 Å². The van der Waals surface area contributed by atoms with Crippen molar-refractivity contribution in [3.63, 3.8) is 0 Å². The number of aliphatic hydroxyl groups is 1. The second kappa shape index (κ2) is 36.4. The van der Waals surface area contributed by atoms with E-state index < -0.39 is 32.4 Å². The van der Waals surface area contributed by atoms with Gasteiger partial charge in [0.2, 0.25) is 0 Å². The maximum Gasteiger partial charge on any atom is 0.472 e. The number of nitrogen functional groups attached to an aromatic ring is 1. The van der Waals surface area contributed by atoms with Crippen molar-refractivity contribution in [2.24, 2.45) is 0 Å². The molecule has 3 heterocycles. The maximum atomic E-state index is 13.4. The molecule has 0 spiro atoms. The van der Waals surface area contributed by atoms with Gasteiger partial charge in [0.1, 0.15) is 24.1 Å². The fourth-order valence-corrected chi connectivity index (χ4v) is 9.57. The van der Waals surface area contributed by atoms with Gasteiger partial charge in [0.25, 0.3) is 0 Å². The lowest BCUT2D eigenvalue weighted by atomic mass is 10.0. The maximum absolute atomic E-state index is 13.4. The van der Waals surface area contributed by atoms with E-state index in [0.29, 0.717) is 24.4 Å². The third-order valence-electron chi connectivity index (χ3n) is 12.5. The van der Waals surface area contributed by atoms with E-state index in [1.807, 2.05) is 0 Å². The second-order valence-electron chi connectivity index (χ2n) is 18.2. The standard InChI is InChI=1S/C49H92N5O8P/c1-3-5-7-9-11-13-15-17-19-21-23-25-27-29-31-33-35-58-39-44(59-36-34-32-30-28-26-24-22-20-18-16-14-12-10-8-6-4-2)40-60-63(56,57)62-45-37-43(38-55)61-49(45)54-42-53-46-47(50)51-41-52-48(46)54/h41-45,49,55H,3-40H2,1-2H3,(H,56,57)(H2,50,51,52)/t43-,44?,45+,49+/m0/s1. The lowest BCUT2D eigenvalue weighted by Crippen LogP contribution is -2.27. The Bertz CT molecular complexity index is 1420. The Balaban J connectivity index is 1.34. The first-order valence-electron chi connectivity index (χ1n) is 25.9. The van der Waals surface area contributed by atoms with Crippen LogP contribution in [0.3, 0.4) is 0 Å². The summed E-state index contributed by atoms with van der Waals surface area (Å²) >= 11 is 0. The van der Waals surface area contributed by atoms with Crippen LogP contribution in [0.15, 0.2) is 12.7 Å². The lowest BCUT2D eigenvalue weighted by molar-refractivity contribution is -0.0592. The molecule has 3 rings (SSSR count). The number of phosphoric ester groups is 1. The van der Waals surface area contributed by atoms with Crippen molar-refractivity contribution in [2.75, 3.05) is 38.8 Å². The molecule has 2 aromatic rings. The van der Waals surface area contributed by atoms with Crippen LogP contribution in [-0.2, 0) is 27.8 Å². The van der Waals surface area contributed by atoms with Gasteiger partial charge in [-0.2, -0.15) is 0 Å². The molecule has 366 valence electrons. The number of anilines is 1. The first-order valence-corrected chi connectivity index (χ1v) is 27.4. The van der Waals surface area contributed by atoms with Crippen molar-refractivity contribution < 1.29 is 37.8 Å². The number of nitrogens with zero attached hydrogens (tertiary/aromatic N) is 4. The average molecular weight is 910 g/mol. The van der Waals surface area contributed by atoms with Crippen molar-refractivity contribution in [1.82, 2.24) is 19.5 Å². The second-order valence-corrected chi connectivity index (χ2v) is 19.6. The molecule has 0 bridgehead atoms. The van der Waals surface area contributed by atoms with E-state index in [1.54, 1.807) is 4.57 Å². The zero-order valence-corrected chi connectivity index (χ0v) is 40.9. The smallest absolute Gasteiger partial charge is 0.394 e. The van der Waals surface area contributed by atoms with E-state index >= 15 is 0 Å². The van der Waals surface area contributed by atoms with Crippen molar-refractivity contribution in [3.05, 3.63) is 12.7 Å². The minimum absolute atomic E-state index is 0.162. The predicted octanol–water partition coefficient (Wildman–Crippen LogP) is 13.1. The van der Waals surface area contributed by atoms with E-state index in [0.717, 1.165) is 25.7 Å². The highest BCUT2D eigenvalue weighted by Gasteiger charge is 2.42. The third kappa shape index (κ3) is 25.7. The third-order valence-corrected chi connectivity index (χ3v) is 13.5. The Hall–Kier alpha value is -1.70. The highest BCUT2D eigenvalue weighted by atomic mass is 31.2. The van der Waals surface area contributed by atoms with E-state index in [2.05, 4.69) is 28.8 Å². The Morgan fingerprint density at radius 3 is 1.62 bits per heavy atom. The van der Waals surface area contributed by atoms with Crippen LogP contribution in [0.25, 0.3) is 11.2 Å². The number of rotatable bonds is 44. The summed E-state index contributed by atoms with van der Waals surface area (Å²) in [5.41, 5.74) is 6.74. The number of phosphoric acid groups is 1. The van der Waals surface area contributed by atoms with Crippen molar-refractivity contribution in [2.45, 2.75) is 250 Å². The fourth-order valence-electron chi connectivity index (χ4n) is 8.62. The van der Waals surface area contributed by atoms with Crippen LogP contribution in [0.5, 0.6) is 0 Å². The van der Waals surface area contributed by atoms with E-state index in [-0.39, 0.29) is 32.1 Å². The van der Waals surface area contributed by atoms with Gasteiger partial charge in [-0.05, 0) is 12.8 Å². The van der Waals surface area contributed by atoms with E-state index in [4.69, 9.17) is 29.0 Å². The first kappa shape index (κ1) is 55.6. The van der Waals surface area contributed by atoms with Gasteiger partial charge in [-0.25, -0.2) is 19.5 Å². The lowest BCUT2D eigenvalue weighted by Gasteiger charge is -2.24. The minimum atomic E-state index is -4.59. The summed E-state index contributed by atoms with van der Waals surface area (Å²) in [6.45, 7) is 5.51. The molecule has 0 aromatic carbocycles. The molecule has 2 aromatic heterocycles. The number of imidazole rings is 1. The normalized spacial score (nSPS) is 18.1. The molecule has 1 aliphatic heterocycles. The summed E-state index contributed by atoms with van der Waals surface area (Å²) in [6.07, 6.45) is 41.9. The molecular formula is C49H92N5O8P. The molecule has 14 heteroatoms. The quantitative estimate of drug-likeness (QED) is 0.0425. The van der Waals surface area contributed by atoms with Gasteiger partial charge in [-0.3, -0.25) is 13.6 Å².